The maximum absolute atomic E-state index is 12.1. The molecule has 0 bridgehead atoms. The Labute approximate surface area is 155 Å². The molecule has 0 spiro atoms. The number of aromatic nitrogens is 1. The van der Waals surface area contributed by atoms with Gasteiger partial charge in [0, 0.05) is 12.7 Å². The van der Waals surface area contributed by atoms with Gasteiger partial charge in [-0.05, 0) is 43.7 Å². The molecule has 0 aliphatic carbocycles. The van der Waals surface area contributed by atoms with E-state index in [1.165, 1.54) is 16.8 Å². The predicted molar refractivity (Wildman–Crippen MR) is 99.1 cm³/mol. The van der Waals surface area contributed by atoms with E-state index in [9.17, 15) is 9.59 Å². The van der Waals surface area contributed by atoms with Gasteiger partial charge < -0.3 is 9.30 Å². The number of rotatable bonds is 6. The molecule has 0 aliphatic heterocycles. The molecule has 0 fully saturated rings. The Morgan fingerprint density at radius 3 is 2.60 bits per heavy atom. The molecule has 132 valence electrons. The average molecular weight is 382 g/mol. The monoisotopic (exact) mass is 381 g/mol. The lowest BCUT2D eigenvalue weighted by atomic mass is 10.2. The van der Waals surface area contributed by atoms with Gasteiger partial charge in [-0.3, -0.25) is 9.59 Å². The van der Waals surface area contributed by atoms with Crippen LogP contribution in [0.25, 0.3) is 0 Å². The summed E-state index contributed by atoms with van der Waals surface area (Å²) in [4.78, 5) is 24.2. The lowest BCUT2D eigenvalue weighted by Crippen LogP contribution is -2.30. The van der Waals surface area contributed by atoms with Crippen molar-refractivity contribution in [2.45, 2.75) is 20.4 Å². The van der Waals surface area contributed by atoms with E-state index < -0.39 is 5.91 Å². The summed E-state index contributed by atoms with van der Waals surface area (Å²) in [6.45, 7) is 4.57. The third-order valence-corrected chi connectivity index (χ3v) is 3.86. The second-order valence-electron chi connectivity index (χ2n) is 4.96. The highest BCUT2D eigenvalue weighted by Crippen LogP contribution is 2.33. The van der Waals surface area contributed by atoms with Gasteiger partial charge in [0.05, 0.1) is 22.9 Å². The summed E-state index contributed by atoms with van der Waals surface area (Å²) < 4.78 is 6.78. The van der Waals surface area contributed by atoms with Crippen LogP contribution in [0.15, 0.2) is 40.4 Å². The van der Waals surface area contributed by atoms with E-state index in [0.29, 0.717) is 34.5 Å². The topological polar surface area (TPSA) is 72.7 Å². The van der Waals surface area contributed by atoms with Crippen molar-refractivity contribution in [2.75, 3.05) is 6.61 Å². The third-order valence-electron chi connectivity index (χ3n) is 3.29. The number of carbonyl (C=O) groups is 1. The molecule has 2 aromatic rings. The van der Waals surface area contributed by atoms with Crippen LogP contribution in [0.3, 0.4) is 0 Å². The SMILES string of the molecule is CCOc1c(Cl)cc(/C=N\NC(=O)c2cccn(CC)c2=O)cc1Cl. The van der Waals surface area contributed by atoms with Gasteiger partial charge in [-0.2, -0.15) is 5.10 Å². The zero-order chi connectivity index (χ0) is 18.4. The molecule has 0 atom stereocenters. The van der Waals surface area contributed by atoms with Crippen molar-refractivity contribution in [2.24, 2.45) is 5.10 Å². The lowest BCUT2D eigenvalue weighted by Gasteiger charge is -2.08. The van der Waals surface area contributed by atoms with Crippen molar-refractivity contribution in [1.82, 2.24) is 9.99 Å². The van der Waals surface area contributed by atoms with Crippen LogP contribution in [0.1, 0.15) is 29.8 Å². The van der Waals surface area contributed by atoms with E-state index in [2.05, 4.69) is 10.5 Å². The lowest BCUT2D eigenvalue weighted by molar-refractivity contribution is 0.0953. The first-order valence-electron chi connectivity index (χ1n) is 7.62. The molecule has 2 rings (SSSR count). The normalized spacial score (nSPS) is 10.9. The van der Waals surface area contributed by atoms with Crippen LogP contribution in [0.2, 0.25) is 10.0 Å². The molecule has 0 radical (unpaired) electrons. The Kier molecular flexibility index (Phi) is 6.61. The molecule has 0 saturated heterocycles. The fourth-order valence-electron chi connectivity index (χ4n) is 2.12. The Morgan fingerprint density at radius 1 is 1.32 bits per heavy atom. The first-order valence-corrected chi connectivity index (χ1v) is 8.38. The molecule has 1 aromatic heterocycles. The summed E-state index contributed by atoms with van der Waals surface area (Å²) in [6, 6.07) is 6.31. The van der Waals surface area contributed by atoms with E-state index in [4.69, 9.17) is 27.9 Å². The molecule has 1 amide bonds. The molecule has 1 N–H and O–H groups in total. The smallest absolute Gasteiger partial charge is 0.276 e. The van der Waals surface area contributed by atoms with Gasteiger partial charge in [0.2, 0.25) is 0 Å². The van der Waals surface area contributed by atoms with Gasteiger partial charge in [0.1, 0.15) is 5.56 Å². The van der Waals surface area contributed by atoms with Crippen molar-refractivity contribution < 1.29 is 9.53 Å². The minimum absolute atomic E-state index is 0.0178. The highest BCUT2D eigenvalue weighted by atomic mass is 35.5. The minimum Gasteiger partial charge on any atom is -0.491 e. The fourth-order valence-corrected chi connectivity index (χ4v) is 2.73. The average Bonchev–Trinajstić information content (AvgIpc) is 2.58. The molecule has 0 unspecified atom stereocenters. The van der Waals surface area contributed by atoms with E-state index in [1.54, 1.807) is 24.4 Å². The summed E-state index contributed by atoms with van der Waals surface area (Å²) in [5.74, 6) is -0.191. The second kappa shape index (κ2) is 8.69. The van der Waals surface area contributed by atoms with Gasteiger partial charge in [0.25, 0.3) is 11.5 Å². The molecule has 0 aliphatic rings. The molecular formula is C17H17Cl2N3O3. The number of hydrazone groups is 1. The highest BCUT2D eigenvalue weighted by molar-refractivity contribution is 6.37. The van der Waals surface area contributed by atoms with Crippen molar-refractivity contribution >= 4 is 35.3 Å². The van der Waals surface area contributed by atoms with Crippen molar-refractivity contribution in [3.8, 4) is 5.75 Å². The number of ether oxygens (including phenoxy) is 1. The number of nitrogens with zero attached hydrogens (tertiary/aromatic N) is 2. The Bertz CT molecular complexity index is 839. The minimum atomic E-state index is -0.591. The number of hydrogen-bond donors (Lipinski definition) is 1. The molecular weight excluding hydrogens is 365 g/mol. The Hall–Kier alpha value is -2.31. The maximum atomic E-state index is 12.1. The number of halogens is 2. The van der Waals surface area contributed by atoms with Gasteiger partial charge in [-0.25, -0.2) is 5.43 Å². The first kappa shape index (κ1) is 19.0. The standard InChI is InChI=1S/C17H17Cl2N3O3/c1-3-22-7-5-6-12(17(22)24)16(23)21-20-10-11-8-13(18)15(25-4-2)14(19)9-11/h5-10H,3-4H2,1-2H3,(H,21,23)/b20-10-. The molecule has 6 nitrogen and oxygen atoms in total. The Balaban J connectivity index is 2.14. The van der Waals surface area contributed by atoms with Gasteiger partial charge in [-0.15, -0.1) is 0 Å². The van der Waals surface area contributed by atoms with E-state index in [1.807, 2.05) is 13.8 Å². The summed E-state index contributed by atoms with van der Waals surface area (Å²) in [5, 5.41) is 4.53. The van der Waals surface area contributed by atoms with Crippen molar-refractivity contribution in [1.29, 1.82) is 0 Å². The maximum Gasteiger partial charge on any atom is 0.276 e. The number of nitrogens with one attached hydrogen (secondary N) is 1. The summed E-state index contributed by atoms with van der Waals surface area (Å²) in [5.41, 5.74) is 2.55. The van der Waals surface area contributed by atoms with Crippen LogP contribution in [-0.2, 0) is 6.54 Å². The number of aryl methyl sites for hydroxylation is 1. The van der Waals surface area contributed by atoms with Crippen molar-refractivity contribution in [3.05, 3.63) is 62.0 Å². The number of hydrogen-bond acceptors (Lipinski definition) is 4. The van der Waals surface area contributed by atoms with Crippen LogP contribution in [-0.4, -0.2) is 23.3 Å². The summed E-state index contributed by atoms with van der Waals surface area (Å²) in [6.07, 6.45) is 3.00. The first-order chi connectivity index (χ1) is 12.0. The molecule has 1 aromatic carbocycles. The van der Waals surface area contributed by atoms with E-state index in [-0.39, 0.29) is 11.1 Å². The van der Waals surface area contributed by atoms with Gasteiger partial charge in [-0.1, -0.05) is 23.2 Å². The zero-order valence-corrected chi connectivity index (χ0v) is 15.3. The number of pyridine rings is 1. The number of carbonyl (C=O) groups excluding carboxylic acids is 1. The summed E-state index contributed by atoms with van der Waals surface area (Å²) >= 11 is 12.2. The molecule has 25 heavy (non-hydrogen) atoms. The highest BCUT2D eigenvalue weighted by Gasteiger charge is 2.11. The Morgan fingerprint density at radius 2 is 2.00 bits per heavy atom. The quantitative estimate of drug-likeness (QED) is 0.615. The predicted octanol–water partition coefficient (Wildman–Crippen LogP) is 3.34. The zero-order valence-electron chi connectivity index (χ0n) is 13.8. The van der Waals surface area contributed by atoms with Crippen LogP contribution >= 0.6 is 23.2 Å². The third kappa shape index (κ3) is 4.61. The van der Waals surface area contributed by atoms with Gasteiger partial charge >= 0.3 is 0 Å². The van der Waals surface area contributed by atoms with Crippen LogP contribution in [0.5, 0.6) is 5.75 Å². The van der Waals surface area contributed by atoms with Gasteiger partial charge in [0.15, 0.2) is 5.75 Å². The second-order valence-corrected chi connectivity index (χ2v) is 5.77. The summed E-state index contributed by atoms with van der Waals surface area (Å²) in [7, 11) is 0. The molecule has 1 heterocycles. The van der Waals surface area contributed by atoms with Crippen LogP contribution in [0.4, 0.5) is 0 Å². The number of amides is 1. The van der Waals surface area contributed by atoms with Crippen LogP contribution in [0, 0.1) is 0 Å². The molecule has 8 heteroatoms. The van der Waals surface area contributed by atoms with Crippen LogP contribution < -0.4 is 15.7 Å². The fraction of sp³-hybridized carbons (Fsp3) is 0.235. The van der Waals surface area contributed by atoms with E-state index in [0.717, 1.165) is 0 Å². The number of benzene rings is 1. The molecule has 0 saturated carbocycles. The van der Waals surface area contributed by atoms with E-state index >= 15 is 0 Å². The largest absolute Gasteiger partial charge is 0.491 e. The van der Waals surface area contributed by atoms with Crippen molar-refractivity contribution in [3.63, 3.8) is 0 Å².